The van der Waals surface area contributed by atoms with Crippen molar-refractivity contribution in [2.75, 3.05) is 0 Å². The van der Waals surface area contributed by atoms with Gasteiger partial charge in [-0.05, 0) is 24.5 Å². The summed E-state index contributed by atoms with van der Waals surface area (Å²) >= 11 is 0. The summed E-state index contributed by atoms with van der Waals surface area (Å²) < 4.78 is 0. The van der Waals surface area contributed by atoms with Crippen LogP contribution < -0.4 is 5.32 Å². The second kappa shape index (κ2) is 6.21. The molecule has 0 spiro atoms. The van der Waals surface area contributed by atoms with Gasteiger partial charge in [0, 0.05) is 12.6 Å². The molecular formula is C13H18N2. The molecule has 15 heavy (non-hydrogen) atoms. The van der Waals surface area contributed by atoms with Crippen LogP contribution in [0.25, 0.3) is 0 Å². The highest BCUT2D eigenvalue weighted by Gasteiger charge is 2.04. The Hall–Kier alpha value is -1.33. The summed E-state index contributed by atoms with van der Waals surface area (Å²) in [7, 11) is 0. The van der Waals surface area contributed by atoms with Gasteiger partial charge in [-0.1, -0.05) is 32.0 Å². The zero-order valence-electron chi connectivity index (χ0n) is 9.46. The average molecular weight is 202 g/mol. The molecule has 2 nitrogen and oxygen atoms in total. The lowest BCUT2D eigenvalue weighted by Crippen LogP contribution is -2.27. The number of nitrogens with one attached hydrogen (secondary N) is 1. The summed E-state index contributed by atoms with van der Waals surface area (Å²) in [5.74, 6) is 0. The molecule has 1 aromatic carbocycles. The maximum atomic E-state index is 8.92. The van der Waals surface area contributed by atoms with E-state index in [-0.39, 0.29) is 0 Å². The summed E-state index contributed by atoms with van der Waals surface area (Å²) in [5.41, 5.74) is 1.86. The standard InChI is InChI=1S/C13H18N2/c1-3-13(4-2)15-10-12-8-6-5-7-11(12)9-14/h5-8,13,15H,3-4,10H2,1-2H3. The van der Waals surface area contributed by atoms with Crippen molar-refractivity contribution >= 4 is 0 Å². The number of rotatable bonds is 5. The zero-order valence-corrected chi connectivity index (χ0v) is 9.46. The molecule has 0 bridgehead atoms. The molecular weight excluding hydrogens is 184 g/mol. The fraction of sp³-hybridized carbons (Fsp3) is 0.462. The number of hydrogen-bond donors (Lipinski definition) is 1. The van der Waals surface area contributed by atoms with E-state index < -0.39 is 0 Å². The second-order valence-electron chi connectivity index (χ2n) is 3.66. The van der Waals surface area contributed by atoms with Gasteiger partial charge in [0.2, 0.25) is 0 Å². The Bertz CT molecular complexity index is 335. The molecule has 0 saturated heterocycles. The van der Waals surface area contributed by atoms with Crippen LogP contribution in [0.2, 0.25) is 0 Å². The maximum Gasteiger partial charge on any atom is 0.0995 e. The van der Waals surface area contributed by atoms with Crippen LogP contribution in [0.15, 0.2) is 24.3 Å². The van der Waals surface area contributed by atoms with E-state index in [4.69, 9.17) is 5.26 Å². The Kier molecular flexibility index (Phi) is 4.86. The smallest absolute Gasteiger partial charge is 0.0995 e. The molecule has 0 aliphatic heterocycles. The molecule has 0 heterocycles. The van der Waals surface area contributed by atoms with E-state index in [0.29, 0.717) is 6.04 Å². The molecule has 2 heteroatoms. The Morgan fingerprint density at radius 3 is 2.53 bits per heavy atom. The predicted octanol–water partition coefficient (Wildman–Crippen LogP) is 2.84. The van der Waals surface area contributed by atoms with Gasteiger partial charge in [-0.3, -0.25) is 0 Å². The van der Waals surface area contributed by atoms with Crippen LogP contribution in [-0.2, 0) is 6.54 Å². The summed E-state index contributed by atoms with van der Waals surface area (Å²) in [4.78, 5) is 0. The molecule has 1 rings (SSSR count). The summed E-state index contributed by atoms with van der Waals surface area (Å²) in [6.45, 7) is 5.14. The zero-order chi connectivity index (χ0) is 11.1. The van der Waals surface area contributed by atoms with E-state index >= 15 is 0 Å². The monoisotopic (exact) mass is 202 g/mol. The lowest BCUT2D eigenvalue weighted by Gasteiger charge is -2.14. The Balaban J connectivity index is 2.61. The third kappa shape index (κ3) is 3.38. The minimum absolute atomic E-state index is 0.553. The van der Waals surface area contributed by atoms with Gasteiger partial charge in [0.25, 0.3) is 0 Å². The van der Waals surface area contributed by atoms with Gasteiger partial charge in [0.05, 0.1) is 11.6 Å². The molecule has 1 aromatic rings. The highest BCUT2D eigenvalue weighted by atomic mass is 14.9. The van der Waals surface area contributed by atoms with E-state index in [1.165, 1.54) is 0 Å². The summed E-state index contributed by atoms with van der Waals surface area (Å²) in [6, 6.07) is 10.5. The molecule has 0 aliphatic carbocycles. The van der Waals surface area contributed by atoms with E-state index in [1.54, 1.807) is 0 Å². The van der Waals surface area contributed by atoms with Gasteiger partial charge < -0.3 is 5.32 Å². The van der Waals surface area contributed by atoms with Crippen LogP contribution in [0.1, 0.15) is 37.8 Å². The number of nitrogens with zero attached hydrogens (tertiary/aromatic N) is 1. The topological polar surface area (TPSA) is 35.8 Å². The number of nitriles is 1. The van der Waals surface area contributed by atoms with Crippen molar-refractivity contribution in [2.45, 2.75) is 39.3 Å². The summed E-state index contributed by atoms with van der Waals surface area (Å²) in [5, 5.41) is 12.4. The van der Waals surface area contributed by atoms with Crippen molar-refractivity contribution in [3.05, 3.63) is 35.4 Å². The van der Waals surface area contributed by atoms with E-state index in [2.05, 4.69) is 25.2 Å². The van der Waals surface area contributed by atoms with E-state index in [1.807, 2.05) is 24.3 Å². The maximum absolute atomic E-state index is 8.92. The van der Waals surface area contributed by atoms with Gasteiger partial charge in [-0.15, -0.1) is 0 Å². The first-order valence-corrected chi connectivity index (χ1v) is 5.53. The van der Waals surface area contributed by atoms with Crippen LogP contribution in [-0.4, -0.2) is 6.04 Å². The lowest BCUT2D eigenvalue weighted by atomic mass is 10.1. The quantitative estimate of drug-likeness (QED) is 0.797. The number of hydrogen-bond acceptors (Lipinski definition) is 2. The predicted molar refractivity (Wildman–Crippen MR) is 62.4 cm³/mol. The molecule has 80 valence electrons. The molecule has 0 aliphatic rings. The molecule has 0 fully saturated rings. The van der Waals surface area contributed by atoms with Crippen molar-refractivity contribution < 1.29 is 0 Å². The van der Waals surface area contributed by atoms with Gasteiger partial charge >= 0.3 is 0 Å². The molecule has 0 atom stereocenters. The highest BCUT2D eigenvalue weighted by Crippen LogP contribution is 2.08. The van der Waals surface area contributed by atoms with E-state index in [9.17, 15) is 0 Å². The average Bonchev–Trinajstić information content (AvgIpc) is 2.31. The minimum atomic E-state index is 0.553. The first-order valence-electron chi connectivity index (χ1n) is 5.53. The van der Waals surface area contributed by atoms with Gasteiger partial charge in [0.1, 0.15) is 0 Å². The Labute approximate surface area is 91.9 Å². The first-order chi connectivity index (χ1) is 7.31. The largest absolute Gasteiger partial charge is 0.310 e. The van der Waals surface area contributed by atoms with E-state index in [0.717, 1.165) is 30.5 Å². The molecule has 0 radical (unpaired) electrons. The lowest BCUT2D eigenvalue weighted by molar-refractivity contribution is 0.484. The third-order valence-corrected chi connectivity index (χ3v) is 2.70. The van der Waals surface area contributed by atoms with Crippen molar-refractivity contribution in [3.8, 4) is 6.07 Å². The molecule has 0 saturated carbocycles. The minimum Gasteiger partial charge on any atom is -0.310 e. The molecule has 0 unspecified atom stereocenters. The third-order valence-electron chi connectivity index (χ3n) is 2.70. The SMILES string of the molecule is CCC(CC)NCc1ccccc1C#N. The first kappa shape index (κ1) is 11.7. The van der Waals surface area contributed by atoms with Crippen LogP contribution in [0.3, 0.4) is 0 Å². The van der Waals surface area contributed by atoms with Gasteiger partial charge in [0.15, 0.2) is 0 Å². The van der Waals surface area contributed by atoms with Crippen molar-refractivity contribution in [1.29, 1.82) is 5.26 Å². The van der Waals surface area contributed by atoms with Crippen LogP contribution >= 0.6 is 0 Å². The van der Waals surface area contributed by atoms with Crippen LogP contribution in [0.4, 0.5) is 0 Å². The molecule has 0 amide bonds. The fourth-order valence-electron chi connectivity index (χ4n) is 1.62. The molecule has 1 N–H and O–H groups in total. The van der Waals surface area contributed by atoms with Crippen LogP contribution in [0, 0.1) is 11.3 Å². The number of benzene rings is 1. The Morgan fingerprint density at radius 1 is 1.27 bits per heavy atom. The van der Waals surface area contributed by atoms with Crippen molar-refractivity contribution in [3.63, 3.8) is 0 Å². The second-order valence-corrected chi connectivity index (χ2v) is 3.66. The van der Waals surface area contributed by atoms with Crippen molar-refractivity contribution in [2.24, 2.45) is 0 Å². The fourth-order valence-corrected chi connectivity index (χ4v) is 1.62. The Morgan fingerprint density at radius 2 is 1.93 bits per heavy atom. The molecule has 0 aromatic heterocycles. The highest BCUT2D eigenvalue weighted by molar-refractivity contribution is 5.37. The van der Waals surface area contributed by atoms with Gasteiger partial charge in [-0.25, -0.2) is 0 Å². The van der Waals surface area contributed by atoms with Crippen molar-refractivity contribution in [1.82, 2.24) is 5.32 Å². The van der Waals surface area contributed by atoms with Crippen LogP contribution in [0.5, 0.6) is 0 Å². The van der Waals surface area contributed by atoms with Gasteiger partial charge in [-0.2, -0.15) is 5.26 Å². The summed E-state index contributed by atoms with van der Waals surface area (Å²) in [6.07, 6.45) is 2.26. The normalized spacial score (nSPS) is 10.3.